The SMILES string of the molecule is CCC1CC2CCC1[C@@H]2CC. The molecule has 2 rings (SSSR count). The highest BCUT2D eigenvalue weighted by molar-refractivity contribution is 4.95. The molecule has 0 heteroatoms. The first kappa shape index (κ1) is 7.64. The van der Waals surface area contributed by atoms with Gasteiger partial charge in [0.2, 0.25) is 0 Å². The summed E-state index contributed by atoms with van der Waals surface area (Å²) in [5.41, 5.74) is 0. The molecule has 0 nitrogen and oxygen atoms in total. The Kier molecular flexibility index (Phi) is 1.95. The van der Waals surface area contributed by atoms with E-state index in [9.17, 15) is 0 Å². The summed E-state index contributed by atoms with van der Waals surface area (Å²) in [5, 5.41) is 0. The second kappa shape index (κ2) is 2.80. The van der Waals surface area contributed by atoms with Crippen LogP contribution in [0.4, 0.5) is 0 Å². The Morgan fingerprint density at radius 3 is 2.36 bits per heavy atom. The highest BCUT2D eigenvalue weighted by Gasteiger charge is 2.45. The van der Waals surface area contributed by atoms with Crippen LogP contribution in [0.15, 0.2) is 0 Å². The minimum atomic E-state index is 1.11. The molecule has 2 aliphatic rings. The molecule has 3 unspecified atom stereocenters. The zero-order valence-electron chi connectivity index (χ0n) is 7.84. The van der Waals surface area contributed by atoms with Gasteiger partial charge in [-0.05, 0) is 42.9 Å². The number of hydrogen-bond donors (Lipinski definition) is 0. The maximum Gasteiger partial charge on any atom is -0.0355 e. The van der Waals surface area contributed by atoms with Gasteiger partial charge in [-0.3, -0.25) is 0 Å². The number of fused-ring (bicyclic) bond motifs is 2. The van der Waals surface area contributed by atoms with Gasteiger partial charge in [-0.15, -0.1) is 0 Å². The molecule has 2 saturated carbocycles. The summed E-state index contributed by atoms with van der Waals surface area (Å²) < 4.78 is 0. The van der Waals surface area contributed by atoms with Crippen molar-refractivity contribution in [1.29, 1.82) is 0 Å². The van der Waals surface area contributed by atoms with Crippen LogP contribution in [0.2, 0.25) is 0 Å². The van der Waals surface area contributed by atoms with Crippen LogP contribution in [0.3, 0.4) is 0 Å². The van der Waals surface area contributed by atoms with E-state index >= 15 is 0 Å². The van der Waals surface area contributed by atoms with Crippen molar-refractivity contribution in [2.75, 3.05) is 0 Å². The Bertz CT molecular complexity index is 139. The first-order valence-corrected chi connectivity index (χ1v) is 5.36. The average Bonchev–Trinajstić information content (AvgIpc) is 2.59. The molecular weight excluding hydrogens is 132 g/mol. The molecule has 0 spiro atoms. The van der Waals surface area contributed by atoms with Crippen molar-refractivity contribution in [3.63, 3.8) is 0 Å². The predicted octanol–water partition coefficient (Wildman–Crippen LogP) is 3.47. The van der Waals surface area contributed by atoms with Crippen LogP contribution in [0.1, 0.15) is 46.0 Å². The molecule has 0 aromatic heterocycles. The van der Waals surface area contributed by atoms with Gasteiger partial charge in [-0.25, -0.2) is 0 Å². The molecule has 0 saturated heterocycles. The van der Waals surface area contributed by atoms with E-state index in [4.69, 9.17) is 0 Å². The van der Waals surface area contributed by atoms with Crippen molar-refractivity contribution < 1.29 is 0 Å². The fraction of sp³-hybridized carbons (Fsp3) is 1.00. The zero-order chi connectivity index (χ0) is 7.84. The molecule has 0 heterocycles. The molecule has 0 amide bonds. The topological polar surface area (TPSA) is 0 Å². The van der Waals surface area contributed by atoms with E-state index in [0.29, 0.717) is 0 Å². The molecule has 4 atom stereocenters. The van der Waals surface area contributed by atoms with Crippen molar-refractivity contribution in [2.45, 2.75) is 46.0 Å². The van der Waals surface area contributed by atoms with Gasteiger partial charge in [0.05, 0.1) is 0 Å². The van der Waals surface area contributed by atoms with Crippen molar-refractivity contribution in [3.05, 3.63) is 0 Å². The molecular formula is C11H20. The van der Waals surface area contributed by atoms with Crippen molar-refractivity contribution >= 4 is 0 Å². The van der Waals surface area contributed by atoms with Gasteiger partial charge in [-0.2, -0.15) is 0 Å². The second-order valence-electron chi connectivity index (χ2n) is 4.48. The fourth-order valence-corrected chi connectivity index (χ4v) is 3.73. The first-order chi connectivity index (χ1) is 5.36. The lowest BCUT2D eigenvalue weighted by Gasteiger charge is -2.20. The van der Waals surface area contributed by atoms with E-state index in [-0.39, 0.29) is 0 Å². The Morgan fingerprint density at radius 2 is 1.91 bits per heavy atom. The largest absolute Gasteiger partial charge is 0.0651 e. The normalized spacial score (nSPS) is 48.5. The summed E-state index contributed by atoms with van der Waals surface area (Å²) in [6.07, 6.45) is 7.57. The Morgan fingerprint density at radius 1 is 1.09 bits per heavy atom. The second-order valence-corrected chi connectivity index (χ2v) is 4.48. The lowest BCUT2D eigenvalue weighted by atomic mass is 9.86. The third-order valence-corrected chi connectivity index (χ3v) is 4.23. The Labute approximate surface area is 70.4 Å². The molecule has 11 heavy (non-hydrogen) atoms. The summed E-state index contributed by atoms with van der Waals surface area (Å²) in [6.45, 7) is 4.76. The van der Waals surface area contributed by atoms with E-state index in [1.54, 1.807) is 19.3 Å². The van der Waals surface area contributed by atoms with Crippen LogP contribution < -0.4 is 0 Å². The smallest absolute Gasteiger partial charge is 0.0355 e. The molecule has 0 aliphatic heterocycles. The van der Waals surface area contributed by atoms with Gasteiger partial charge in [0.15, 0.2) is 0 Å². The molecule has 2 fully saturated rings. The lowest BCUT2D eigenvalue weighted by molar-refractivity contribution is 0.305. The van der Waals surface area contributed by atoms with Crippen LogP contribution in [-0.4, -0.2) is 0 Å². The molecule has 0 N–H and O–H groups in total. The van der Waals surface area contributed by atoms with Gasteiger partial charge in [0.1, 0.15) is 0 Å². The third-order valence-electron chi connectivity index (χ3n) is 4.23. The number of hydrogen-bond acceptors (Lipinski definition) is 0. The summed E-state index contributed by atoms with van der Waals surface area (Å²) >= 11 is 0. The van der Waals surface area contributed by atoms with E-state index in [0.717, 1.165) is 23.7 Å². The van der Waals surface area contributed by atoms with E-state index in [1.807, 2.05) is 0 Å². The third kappa shape index (κ3) is 1.02. The Hall–Kier alpha value is 0. The predicted molar refractivity (Wildman–Crippen MR) is 48.4 cm³/mol. The van der Waals surface area contributed by atoms with Gasteiger partial charge in [-0.1, -0.05) is 26.7 Å². The van der Waals surface area contributed by atoms with Crippen LogP contribution in [0, 0.1) is 23.7 Å². The van der Waals surface area contributed by atoms with Gasteiger partial charge in [0, 0.05) is 0 Å². The maximum absolute atomic E-state index is 2.38. The first-order valence-electron chi connectivity index (χ1n) is 5.36. The Balaban J connectivity index is 2.06. The highest BCUT2D eigenvalue weighted by Crippen LogP contribution is 2.54. The van der Waals surface area contributed by atoms with Gasteiger partial charge in [0.25, 0.3) is 0 Å². The molecule has 2 aliphatic carbocycles. The van der Waals surface area contributed by atoms with Crippen LogP contribution in [0.5, 0.6) is 0 Å². The average molecular weight is 152 g/mol. The molecule has 64 valence electrons. The molecule has 2 bridgehead atoms. The zero-order valence-corrected chi connectivity index (χ0v) is 7.84. The van der Waals surface area contributed by atoms with E-state index < -0.39 is 0 Å². The summed E-state index contributed by atoms with van der Waals surface area (Å²) in [5.74, 6) is 4.50. The minimum absolute atomic E-state index is 1.11. The van der Waals surface area contributed by atoms with Crippen molar-refractivity contribution in [3.8, 4) is 0 Å². The lowest BCUT2D eigenvalue weighted by Crippen LogP contribution is -2.10. The summed E-state index contributed by atoms with van der Waals surface area (Å²) in [7, 11) is 0. The maximum atomic E-state index is 2.38. The summed E-state index contributed by atoms with van der Waals surface area (Å²) in [4.78, 5) is 0. The van der Waals surface area contributed by atoms with Gasteiger partial charge < -0.3 is 0 Å². The van der Waals surface area contributed by atoms with Crippen LogP contribution in [0.25, 0.3) is 0 Å². The van der Waals surface area contributed by atoms with Crippen molar-refractivity contribution in [2.24, 2.45) is 23.7 Å². The van der Waals surface area contributed by atoms with E-state index in [2.05, 4.69) is 13.8 Å². The van der Waals surface area contributed by atoms with Crippen LogP contribution >= 0.6 is 0 Å². The molecule has 0 aromatic rings. The molecule has 0 radical (unpaired) electrons. The minimum Gasteiger partial charge on any atom is -0.0651 e. The monoisotopic (exact) mass is 152 g/mol. The van der Waals surface area contributed by atoms with Gasteiger partial charge >= 0.3 is 0 Å². The molecule has 0 aromatic carbocycles. The quantitative estimate of drug-likeness (QED) is 0.568. The summed E-state index contributed by atoms with van der Waals surface area (Å²) in [6, 6.07) is 0. The number of rotatable bonds is 2. The van der Waals surface area contributed by atoms with E-state index in [1.165, 1.54) is 12.8 Å². The van der Waals surface area contributed by atoms with Crippen molar-refractivity contribution in [1.82, 2.24) is 0 Å². The fourth-order valence-electron chi connectivity index (χ4n) is 3.73. The highest BCUT2D eigenvalue weighted by atomic mass is 14.5. The standard InChI is InChI=1S/C11H20/c1-3-8-7-9-5-6-11(8)10(9)4-2/h8-11H,3-7H2,1-2H3/t8?,9?,10-,11?/m1/s1. The van der Waals surface area contributed by atoms with Crippen LogP contribution in [-0.2, 0) is 0 Å².